The van der Waals surface area contributed by atoms with E-state index in [0.29, 0.717) is 0 Å². The Morgan fingerprint density at radius 2 is 1.65 bits per heavy atom. The molecule has 0 nitrogen and oxygen atoms in total. The maximum atomic E-state index is 4.11. The van der Waals surface area contributed by atoms with Gasteiger partial charge in [-0.3, -0.25) is 0 Å². The summed E-state index contributed by atoms with van der Waals surface area (Å²) in [7, 11) is -1.32. The van der Waals surface area contributed by atoms with Gasteiger partial charge in [0.15, 0.2) is 0 Å². The van der Waals surface area contributed by atoms with E-state index in [1.807, 2.05) is 0 Å². The van der Waals surface area contributed by atoms with E-state index in [4.69, 9.17) is 0 Å². The molecule has 1 rings (SSSR count). The summed E-state index contributed by atoms with van der Waals surface area (Å²) in [4.78, 5) is 0. The standard InChI is InChI=1S/C16H22Si/c1-12-8-9-16(15(4)14(12)3)13(2)10-11-17(5,6)7/h8-9H,2H2,1,3-7H3. The normalized spacial score (nSPS) is 10.7. The first-order chi connectivity index (χ1) is 7.72. The minimum Gasteiger partial charge on any atom is -0.127 e. The lowest BCUT2D eigenvalue weighted by Crippen LogP contribution is -2.16. The zero-order chi connectivity index (χ0) is 13.2. The summed E-state index contributed by atoms with van der Waals surface area (Å²) in [6.45, 7) is 17.3. The van der Waals surface area contributed by atoms with Gasteiger partial charge in [0.2, 0.25) is 0 Å². The molecule has 17 heavy (non-hydrogen) atoms. The van der Waals surface area contributed by atoms with Crippen LogP contribution < -0.4 is 0 Å². The lowest BCUT2D eigenvalue weighted by atomic mass is 9.95. The SMILES string of the molecule is C=C(C#C[Si](C)(C)C)c1ccc(C)c(C)c1C. The van der Waals surface area contributed by atoms with Crippen LogP contribution in [0.1, 0.15) is 22.3 Å². The minimum absolute atomic E-state index is 0.952. The molecule has 0 unspecified atom stereocenters. The van der Waals surface area contributed by atoms with Gasteiger partial charge in [-0.15, -0.1) is 5.54 Å². The van der Waals surface area contributed by atoms with Crippen molar-refractivity contribution in [3.8, 4) is 11.5 Å². The molecule has 0 aliphatic rings. The molecule has 0 amide bonds. The molecule has 1 aromatic rings. The number of allylic oxidation sites excluding steroid dienone is 1. The van der Waals surface area contributed by atoms with E-state index < -0.39 is 8.07 Å². The largest absolute Gasteiger partial charge is 0.129 e. The van der Waals surface area contributed by atoms with Crippen molar-refractivity contribution in [2.24, 2.45) is 0 Å². The summed E-state index contributed by atoms with van der Waals surface area (Å²) < 4.78 is 0. The summed E-state index contributed by atoms with van der Waals surface area (Å²) >= 11 is 0. The van der Waals surface area contributed by atoms with Crippen LogP contribution in [0, 0.1) is 32.2 Å². The van der Waals surface area contributed by atoms with Gasteiger partial charge in [-0.05, 0) is 43.0 Å². The van der Waals surface area contributed by atoms with Gasteiger partial charge in [0.25, 0.3) is 0 Å². The molecule has 0 aromatic heterocycles. The van der Waals surface area contributed by atoms with Crippen LogP contribution in [-0.4, -0.2) is 8.07 Å². The van der Waals surface area contributed by atoms with Crippen LogP contribution in [0.25, 0.3) is 5.57 Å². The summed E-state index contributed by atoms with van der Waals surface area (Å²) in [6.07, 6.45) is 0. The fourth-order valence-corrected chi connectivity index (χ4v) is 2.14. The maximum Gasteiger partial charge on any atom is 0.129 e. The molecule has 0 fully saturated rings. The lowest BCUT2D eigenvalue weighted by Gasteiger charge is -2.11. The Morgan fingerprint density at radius 3 is 2.18 bits per heavy atom. The average Bonchev–Trinajstić information content (AvgIpc) is 2.22. The average molecular weight is 242 g/mol. The van der Waals surface area contributed by atoms with Gasteiger partial charge in [-0.1, -0.05) is 44.3 Å². The molecule has 0 saturated heterocycles. The van der Waals surface area contributed by atoms with Crippen LogP contribution in [-0.2, 0) is 0 Å². The Hall–Kier alpha value is -1.26. The molecule has 0 atom stereocenters. The number of hydrogen-bond donors (Lipinski definition) is 0. The zero-order valence-electron chi connectivity index (χ0n) is 11.9. The van der Waals surface area contributed by atoms with E-state index in [2.05, 4.69) is 70.6 Å². The first-order valence-corrected chi connectivity index (χ1v) is 9.51. The van der Waals surface area contributed by atoms with Crippen LogP contribution in [0.3, 0.4) is 0 Å². The molecule has 1 heteroatoms. The van der Waals surface area contributed by atoms with Crippen LogP contribution in [0.15, 0.2) is 18.7 Å². The Balaban J connectivity index is 3.14. The van der Waals surface area contributed by atoms with Gasteiger partial charge >= 0.3 is 0 Å². The fourth-order valence-electron chi connectivity index (χ4n) is 1.61. The molecule has 0 saturated carbocycles. The number of benzene rings is 1. The predicted octanol–water partition coefficient (Wildman–Crippen LogP) is 4.51. The van der Waals surface area contributed by atoms with E-state index in [0.717, 1.165) is 5.57 Å². The second-order valence-electron chi connectivity index (χ2n) is 5.66. The van der Waals surface area contributed by atoms with E-state index in [1.165, 1.54) is 22.3 Å². The highest BCUT2D eigenvalue weighted by atomic mass is 28.3. The second-order valence-corrected chi connectivity index (χ2v) is 10.4. The predicted molar refractivity (Wildman–Crippen MR) is 80.8 cm³/mol. The van der Waals surface area contributed by atoms with Gasteiger partial charge in [-0.2, -0.15) is 0 Å². The third-order valence-electron chi connectivity index (χ3n) is 2.97. The third-order valence-corrected chi connectivity index (χ3v) is 3.85. The third kappa shape index (κ3) is 3.61. The summed E-state index contributed by atoms with van der Waals surface area (Å²) in [5.41, 5.74) is 9.50. The number of hydrogen-bond acceptors (Lipinski definition) is 0. The van der Waals surface area contributed by atoms with Gasteiger partial charge in [0.05, 0.1) is 0 Å². The van der Waals surface area contributed by atoms with Crippen molar-refractivity contribution in [3.63, 3.8) is 0 Å². The van der Waals surface area contributed by atoms with Gasteiger partial charge in [-0.25, -0.2) is 0 Å². The number of rotatable bonds is 1. The molecule has 0 aliphatic carbocycles. The van der Waals surface area contributed by atoms with Crippen molar-refractivity contribution in [2.45, 2.75) is 40.4 Å². The molecular formula is C16H22Si. The van der Waals surface area contributed by atoms with E-state index in [9.17, 15) is 0 Å². The zero-order valence-corrected chi connectivity index (χ0v) is 12.9. The molecule has 0 radical (unpaired) electrons. The van der Waals surface area contributed by atoms with Crippen molar-refractivity contribution in [2.75, 3.05) is 0 Å². The Bertz CT molecular complexity index is 505. The molecule has 0 spiro atoms. The van der Waals surface area contributed by atoms with Crippen LogP contribution in [0.5, 0.6) is 0 Å². The molecule has 0 bridgehead atoms. The molecule has 0 N–H and O–H groups in total. The lowest BCUT2D eigenvalue weighted by molar-refractivity contribution is 1.25. The van der Waals surface area contributed by atoms with Crippen LogP contribution in [0.4, 0.5) is 0 Å². The molecular weight excluding hydrogens is 220 g/mol. The van der Waals surface area contributed by atoms with Crippen molar-refractivity contribution >= 4 is 13.6 Å². The molecule has 0 aliphatic heterocycles. The Morgan fingerprint density at radius 1 is 1.06 bits per heavy atom. The number of aryl methyl sites for hydroxylation is 1. The highest BCUT2D eigenvalue weighted by Gasteiger charge is 2.09. The summed E-state index contributed by atoms with van der Waals surface area (Å²) in [5.74, 6) is 3.24. The maximum absolute atomic E-state index is 4.11. The summed E-state index contributed by atoms with van der Waals surface area (Å²) in [6, 6.07) is 4.29. The van der Waals surface area contributed by atoms with E-state index in [1.54, 1.807) is 0 Å². The smallest absolute Gasteiger partial charge is 0.127 e. The van der Waals surface area contributed by atoms with Gasteiger partial charge in [0, 0.05) is 5.57 Å². The highest BCUT2D eigenvalue weighted by molar-refractivity contribution is 6.84. The highest BCUT2D eigenvalue weighted by Crippen LogP contribution is 2.22. The van der Waals surface area contributed by atoms with Crippen molar-refractivity contribution in [1.29, 1.82) is 0 Å². The van der Waals surface area contributed by atoms with Gasteiger partial charge in [0.1, 0.15) is 8.07 Å². The van der Waals surface area contributed by atoms with Crippen molar-refractivity contribution in [1.82, 2.24) is 0 Å². The van der Waals surface area contributed by atoms with Gasteiger partial charge < -0.3 is 0 Å². The molecule has 1 aromatic carbocycles. The minimum atomic E-state index is -1.32. The fraction of sp³-hybridized carbons (Fsp3) is 0.375. The van der Waals surface area contributed by atoms with E-state index in [-0.39, 0.29) is 0 Å². The van der Waals surface area contributed by atoms with E-state index >= 15 is 0 Å². The van der Waals surface area contributed by atoms with Crippen molar-refractivity contribution in [3.05, 3.63) is 41.0 Å². The quantitative estimate of drug-likeness (QED) is 0.502. The van der Waals surface area contributed by atoms with Crippen LogP contribution >= 0.6 is 0 Å². The first-order valence-electron chi connectivity index (χ1n) is 6.01. The molecule has 90 valence electrons. The van der Waals surface area contributed by atoms with Crippen LogP contribution in [0.2, 0.25) is 19.6 Å². The Kier molecular flexibility index (Phi) is 4.01. The molecule has 0 heterocycles. The first kappa shape index (κ1) is 13.8. The van der Waals surface area contributed by atoms with Crippen molar-refractivity contribution < 1.29 is 0 Å². The monoisotopic (exact) mass is 242 g/mol. The topological polar surface area (TPSA) is 0 Å². The second kappa shape index (κ2) is 4.94. The Labute approximate surface area is 107 Å². The summed E-state index contributed by atoms with van der Waals surface area (Å²) in [5, 5.41) is 0.